The smallest absolute Gasteiger partial charge is 0.263 e. The van der Waals surface area contributed by atoms with Crippen molar-refractivity contribution in [2.24, 2.45) is 0 Å². The van der Waals surface area contributed by atoms with E-state index < -0.39 is 8.32 Å². The Kier molecular flexibility index (Phi) is 4.65. The van der Waals surface area contributed by atoms with Crippen molar-refractivity contribution in [3.8, 4) is 0 Å². The molecule has 0 N–H and O–H groups in total. The number of fused-ring (bicyclic) bond motifs is 1. The second-order valence-corrected chi connectivity index (χ2v) is 11.3. The summed E-state index contributed by atoms with van der Waals surface area (Å²) in [6.07, 6.45) is 0.128. The maximum absolute atomic E-state index is 6.97. The predicted molar refractivity (Wildman–Crippen MR) is 114 cm³/mol. The van der Waals surface area contributed by atoms with Crippen molar-refractivity contribution in [1.29, 1.82) is 0 Å². The van der Waals surface area contributed by atoms with Gasteiger partial charge in [0.25, 0.3) is 8.32 Å². The van der Waals surface area contributed by atoms with Crippen LogP contribution in [0.4, 0.5) is 0 Å². The summed E-state index contributed by atoms with van der Waals surface area (Å²) in [7, 11) is -2.40. The van der Waals surface area contributed by atoms with Gasteiger partial charge in [0.1, 0.15) is 0 Å². The predicted octanol–water partition coefficient (Wildman–Crippen LogP) is 3.35. The van der Waals surface area contributed by atoms with Gasteiger partial charge in [0, 0.05) is 12.1 Å². The molecule has 0 unspecified atom stereocenters. The lowest BCUT2D eigenvalue weighted by molar-refractivity contribution is -0.152. The van der Waals surface area contributed by atoms with Crippen LogP contribution in [0.3, 0.4) is 0 Å². The minimum Gasteiger partial charge on any atom is -0.403 e. The van der Waals surface area contributed by atoms with E-state index in [-0.39, 0.29) is 12.1 Å². The number of benzene rings is 3. The zero-order valence-corrected chi connectivity index (χ0v) is 17.1. The Bertz CT molecular complexity index is 880. The molecule has 2 fully saturated rings. The van der Waals surface area contributed by atoms with E-state index >= 15 is 0 Å². The number of hydrogen-bond acceptors (Lipinski definition) is 3. The Balaban J connectivity index is 1.55. The molecule has 3 nitrogen and oxygen atoms in total. The van der Waals surface area contributed by atoms with Gasteiger partial charge in [0.15, 0.2) is 0 Å². The molecule has 2 aliphatic heterocycles. The molecular weight excluding hydrogens is 362 g/mol. The molecule has 3 aromatic carbocycles. The minimum atomic E-state index is -2.40. The summed E-state index contributed by atoms with van der Waals surface area (Å²) in [4.78, 5) is 6.28. The molecule has 142 valence electrons. The molecule has 2 heterocycles. The van der Waals surface area contributed by atoms with Crippen molar-refractivity contribution in [3.63, 3.8) is 0 Å². The van der Waals surface area contributed by atoms with Crippen molar-refractivity contribution in [2.75, 3.05) is 6.61 Å². The Morgan fingerprint density at radius 3 is 1.93 bits per heavy atom. The van der Waals surface area contributed by atoms with Gasteiger partial charge in [-0.05, 0) is 22.9 Å². The lowest BCUT2D eigenvalue weighted by Gasteiger charge is -2.31. The van der Waals surface area contributed by atoms with Crippen LogP contribution in [0.15, 0.2) is 91.0 Å². The van der Waals surface area contributed by atoms with Crippen LogP contribution < -0.4 is 10.4 Å². The van der Waals surface area contributed by atoms with Crippen molar-refractivity contribution < 1.29 is 9.26 Å². The van der Waals surface area contributed by atoms with Gasteiger partial charge in [-0.25, -0.2) is 0 Å². The van der Waals surface area contributed by atoms with Gasteiger partial charge >= 0.3 is 0 Å². The maximum Gasteiger partial charge on any atom is 0.263 e. The Morgan fingerprint density at radius 1 is 0.821 bits per heavy atom. The first kappa shape index (κ1) is 17.8. The van der Waals surface area contributed by atoms with Crippen LogP contribution >= 0.6 is 0 Å². The third kappa shape index (κ3) is 2.85. The second-order valence-electron chi connectivity index (χ2n) is 7.74. The molecule has 0 radical (unpaired) electrons. The first-order valence-corrected chi connectivity index (χ1v) is 12.0. The summed E-state index contributed by atoms with van der Waals surface area (Å²) in [6.45, 7) is 3.73. The molecule has 0 aliphatic carbocycles. The van der Waals surface area contributed by atoms with Crippen LogP contribution in [0.1, 0.15) is 12.5 Å². The van der Waals surface area contributed by atoms with E-state index in [0.29, 0.717) is 5.54 Å². The molecule has 0 amide bonds. The molecule has 2 saturated heterocycles. The van der Waals surface area contributed by atoms with Crippen LogP contribution in [-0.4, -0.2) is 32.1 Å². The summed E-state index contributed by atoms with van der Waals surface area (Å²) < 4.78 is 6.97. The van der Waals surface area contributed by atoms with E-state index in [1.54, 1.807) is 0 Å². The summed E-state index contributed by atoms with van der Waals surface area (Å²) in [5.74, 6) is 0. The van der Waals surface area contributed by atoms with Crippen molar-refractivity contribution in [1.82, 2.24) is 5.06 Å². The maximum atomic E-state index is 6.97. The highest BCUT2D eigenvalue weighted by atomic mass is 28.4. The summed E-state index contributed by atoms with van der Waals surface area (Å²) >= 11 is 0. The van der Waals surface area contributed by atoms with E-state index in [1.807, 2.05) is 0 Å². The SMILES string of the molecule is C[C@@H]1O[Si](c2ccccc2)(c2ccccc2)[C@H]2CON(Cc3ccccc3)[C@@H]12. The highest BCUT2D eigenvalue weighted by molar-refractivity contribution is 6.99. The molecule has 0 aromatic heterocycles. The molecule has 3 aromatic rings. The number of hydroxylamine groups is 2. The van der Waals surface area contributed by atoms with Crippen molar-refractivity contribution in [3.05, 3.63) is 96.6 Å². The van der Waals surface area contributed by atoms with Crippen LogP contribution in [0.2, 0.25) is 5.54 Å². The average Bonchev–Trinajstić information content (AvgIpc) is 3.30. The molecule has 28 heavy (non-hydrogen) atoms. The standard InChI is InChI=1S/C24H25NO2Si/c1-19-24-23(18-26-25(24)17-20-11-5-2-6-12-20)28(27-19,21-13-7-3-8-14-21)22-15-9-4-10-16-22/h2-16,19,23-24H,17-18H2,1H3/t19-,23-,24-/m0/s1. The Hall–Kier alpha value is -2.24. The summed E-state index contributed by atoms with van der Waals surface area (Å²) in [5.41, 5.74) is 1.64. The van der Waals surface area contributed by atoms with Crippen molar-refractivity contribution in [2.45, 2.75) is 31.2 Å². The molecule has 2 aliphatic rings. The van der Waals surface area contributed by atoms with Gasteiger partial charge in [-0.2, -0.15) is 5.06 Å². The highest BCUT2D eigenvalue weighted by Gasteiger charge is 2.62. The molecule has 3 atom stereocenters. The minimum absolute atomic E-state index is 0.128. The molecule has 0 spiro atoms. The van der Waals surface area contributed by atoms with Gasteiger partial charge in [-0.1, -0.05) is 91.0 Å². The van der Waals surface area contributed by atoms with E-state index in [0.717, 1.165) is 13.2 Å². The lowest BCUT2D eigenvalue weighted by atomic mass is 10.1. The first-order chi connectivity index (χ1) is 13.8. The lowest BCUT2D eigenvalue weighted by Crippen LogP contribution is -2.62. The quantitative estimate of drug-likeness (QED) is 0.641. The van der Waals surface area contributed by atoms with Crippen LogP contribution in [-0.2, 0) is 15.8 Å². The highest BCUT2D eigenvalue weighted by Crippen LogP contribution is 2.45. The largest absolute Gasteiger partial charge is 0.403 e. The van der Waals surface area contributed by atoms with Crippen molar-refractivity contribution >= 4 is 18.7 Å². The van der Waals surface area contributed by atoms with E-state index in [4.69, 9.17) is 9.26 Å². The third-order valence-corrected chi connectivity index (χ3v) is 10.8. The Labute approximate surface area is 167 Å². The molecule has 4 heteroatoms. The van der Waals surface area contributed by atoms with Crippen LogP contribution in [0.5, 0.6) is 0 Å². The van der Waals surface area contributed by atoms with E-state index in [9.17, 15) is 0 Å². The Morgan fingerprint density at radius 2 is 1.36 bits per heavy atom. The first-order valence-electron chi connectivity index (χ1n) is 10.0. The van der Waals surface area contributed by atoms with Gasteiger partial charge in [-0.15, -0.1) is 0 Å². The number of nitrogens with zero attached hydrogens (tertiary/aromatic N) is 1. The van der Waals surface area contributed by atoms with E-state index in [1.165, 1.54) is 15.9 Å². The fraction of sp³-hybridized carbons (Fsp3) is 0.250. The molecular formula is C24H25NO2Si. The van der Waals surface area contributed by atoms with Gasteiger partial charge < -0.3 is 4.43 Å². The number of hydrogen-bond donors (Lipinski definition) is 0. The monoisotopic (exact) mass is 387 g/mol. The van der Waals surface area contributed by atoms with E-state index in [2.05, 4.69) is 103 Å². The normalized spacial score (nSPS) is 26.2. The van der Waals surface area contributed by atoms with Crippen LogP contribution in [0, 0.1) is 0 Å². The summed E-state index contributed by atoms with van der Waals surface area (Å²) in [5, 5.41) is 4.85. The van der Waals surface area contributed by atoms with Gasteiger partial charge in [-0.3, -0.25) is 4.84 Å². The molecule has 5 rings (SSSR count). The fourth-order valence-electron chi connectivity index (χ4n) is 4.95. The zero-order chi connectivity index (χ0) is 19.0. The topological polar surface area (TPSA) is 21.7 Å². The molecule has 0 saturated carbocycles. The fourth-order valence-corrected chi connectivity index (χ4v) is 9.91. The van der Waals surface area contributed by atoms with Crippen LogP contribution in [0.25, 0.3) is 0 Å². The second kappa shape index (κ2) is 7.30. The van der Waals surface area contributed by atoms with Gasteiger partial charge in [0.2, 0.25) is 0 Å². The number of rotatable bonds is 4. The average molecular weight is 388 g/mol. The zero-order valence-electron chi connectivity index (χ0n) is 16.1. The van der Waals surface area contributed by atoms with Gasteiger partial charge in [0.05, 0.1) is 18.8 Å². The summed E-state index contributed by atoms with van der Waals surface area (Å²) in [6, 6.07) is 32.5. The third-order valence-electron chi connectivity index (χ3n) is 6.13. The molecule has 0 bridgehead atoms.